The Kier molecular flexibility index (Phi) is 4.66. The van der Waals surface area contributed by atoms with Gasteiger partial charge in [0.2, 0.25) is 0 Å². The second-order valence-corrected chi connectivity index (χ2v) is 7.86. The number of amides is 2. The van der Waals surface area contributed by atoms with Gasteiger partial charge in [0, 0.05) is 29.7 Å². The first-order valence-corrected chi connectivity index (χ1v) is 9.59. The lowest BCUT2D eigenvalue weighted by atomic mass is 10.1. The van der Waals surface area contributed by atoms with E-state index in [9.17, 15) is 14.7 Å². The maximum absolute atomic E-state index is 12.8. The zero-order chi connectivity index (χ0) is 19.8. The zero-order valence-electron chi connectivity index (χ0n) is 14.7. The summed E-state index contributed by atoms with van der Waals surface area (Å²) in [6.45, 7) is 0. The molecule has 3 aromatic rings. The van der Waals surface area contributed by atoms with Crippen LogP contribution in [0.5, 0.6) is 5.75 Å². The number of fused-ring (bicyclic) bond motifs is 1. The van der Waals surface area contributed by atoms with E-state index in [1.54, 1.807) is 18.2 Å². The van der Waals surface area contributed by atoms with Gasteiger partial charge in [-0.25, -0.2) is 0 Å². The van der Waals surface area contributed by atoms with E-state index in [2.05, 4.69) is 5.43 Å². The number of thioether (sulfide) groups is 1. The fraction of sp³-hybridized carbons (Fsp3) is 0.0500. The quantitative estimate of drug-likeness (QED) is 0.512. The third-order valence-electron chi connectivity index (χ3n) is 4.37. The van der Waals surface area contributed by atoms with E-state index < -0.39 is 11.8 Å². The molecule has 0 radical (unpaired) electrons. The molecular formula is C20H15N3O3S2. The molecular weight excluding hydrogens is 394 g/mol. The zero-order valence-corrected chi connectivity index (χ0v) is 16.4. The van der Waals surface area contributed by atoms with Crippen LogP contribution in [0.1, 0.15) is 15.9 Å². The standard InChI is InChI=1S/C20H15N3O3S2/c1-22-11-12(13-6-2-4-8-15(13)22)10-17-19(26)23(20(27)28-17)21-18(25)14-7-3-5-9-16(14)24/h2-11,24H,1H3,(H,21,25). The van der Waals surface area contributed by atoms with Crippen LogP contribution in [0.25, 0.3) is 17.0 Å². The van der Waals surface area contributed by atoms with Crippen LogP contribution < -0.4 is 5.43 Å². The molecule has 2 amide bonds. The van der Waals surface area contributed by atoms with Crippen molar-refractivity contribution in [3.05, 3.63) is 70.8 Å². The van der Waals surface area contributed by atoms with E-state index in [-0.39, 0.29) is 15.6 Å². The first-order valence-electron chi connectivity index (χ1n) is 8.36. The fourth-order valence-electron chi connectivity index (χ4n) is 3.02. The van der Waals surface area contributed by atoms with Crippen molar-refractivity contribution in [3.63, 3.8) is 0 Å². The minimum Gasteiger partial charge on any atom is -0.507 e. The van der Waals surface area contributed by atoms with Gasteiger partial charge in [0.25, 0.3) is 11.8 Å². The number of nitrogens with one attached hydrogen (secondary N) is 1. The van der Waals surface area contributed by atoms with E-state index in [4.69, 9.17) is 12.2 Å². The number of hydrazine groups is 1. The van der Waals surface area contributed by atoms with E-state index in [0.717, 1.165) is 33.2 Å². The summed E-state index contributed by atoms with van der Waals surface area (Å²) < 4.78 is 2.21. The van der Waals surface area contributed by atoms with Crippen LogP contribution >= 0.6 is 24.0 Å². The second-order valence-electron chi connectivity index (χ2n) is 6.19. The monoisotopic (exact) mass is 409 g/mol. The summed E-state index contributed by atoms with van der Waals surface area (Å²) in [5.41, 5.74) is 4.48. The Morgan fingerprint density at radius 1 is 1.18 bits per heavy atom. The first kappa shape index (κ1) is 18.3. The number of para-hydroxylation sites is 2. The number of aryl methyl sites for hydroxylation is 1. The molecule has 6 nitrogen and oxygen atoms in total. The molecule has 1 aliphatic heterocycles. The van der Waals surface area contributed by atoms with Crippen molar-refractivity contribution in [2.75, 3.05) is 0 Å². The van der Waals surface area contributed by atoms with Gasteiger partial charge in [0.1, 0.15) is 5.75 Å². The Balaban J connectivity index is 1.61. The molecule has 0 spiro atoms. The largest absolute Gasteiger partial charge is 0.507 e. The topological polar surface area (TPSA) is 74.6 Å². The van der Waals surface area contributed by atoms with Crippen LogP contribution in [0.4, 0.5) is 0 Å². The highest BCUT2D eigenvalue weighted by Crippen LogP contribution is 2.33. The summed E-state index contributed by atoms with van der Waals surface area (Å²) >= 11 is 6.38. The molecule has 0 atom stereocenters. The summed E-state index contributed by atoms with van der Waals surface area (Å²) in [6.07, 6.45) is 3.71. The van der Waals surface area contributed by atoms with Crippen molar-refractivity contribution in [1.82, 2.24) is 15.0 Å². The number of nitrogens with zero attached hydrogens (tertiary/aromatic N) is 2. The Labute approximate surface area is 170 Å². The average Bonchev–Trinajstić information content (AvgIpc) is 3.14. The van der Waals surface area contributed by atoms with E-state index in [1.807, 2.05) is 42.1 Å². The lowest BCUT2D eigenvalue weighted by Crippen LogP contribution is -2.44. The molecule has 8 heteroatoms. The molecule has 2 aromatic carbocycles. The number of aromatic nitrogens is 1. The van der Waals surface area contributed by atoms with E-state index in [0.29, 0.717) is 4.91 Å². The number of rotatable bonds is 3. The number of carbonyl (C=O) groups excluding carboxylic acids is 2. The molecule has 1 aliphatic rings. The average molecular weight is 409 g/mol. The predicted molar refractivity (Wildman–Crippen MR) is 114 cm³/mol. The second kappa shape index (κ2) is 7.14. The third kappa shape index (κ3) is 3.17. The number of benzene rings is 2. The molecule has 1 aromatic heterocycles. The van der Waals surface area contributed by atoms with Crippen molar-refractivity contribution in [3.8, 4) is 5.75 Å². The van der Waals surface area contributed by atoms with Gasteiger partial charge in [-0.2, -0.15) is 5.01 Å². The minimum absolute atomic E-state index is 0.0644. The van der Waals surface area contributed by atoms with Crippen molar-refractivity contribution < 1.29 is 14.7 Å². The molecule has 2 heterocycles. The Hall–Kier alpha value is -3.10. The number of hydrogen-bond donors (Lipinski definition) is 2. The van der Waals surface area contributed by atoms with Gasteiger partial charge in [-0.05, 0) is 36.5 Å². The smallest absolute Gasteiger partial charge is 0.285 e. The summed E-state index contributed by atoms with van der Waals surface area (Å²) in [4.78, 5) is 25.6. The molecule has 1 fully saturated rings. The van der Waals surface area contributed by atoms with Crippen molar-refractivity contribution in [2.24, 2.45) is 7.05 Å². The predicted octanol–water partition coefficient (Wildman–Crippen LogP) is 3.43. The van der Waals surface area contributed by atoms with Gasteiger partial charge >= 0.3 is 0 Å². The highest BCUT2D eigenvalue weighted by Gasteiger charge is 2.34. The lowest BCUT2D eigenvalue weighted by Gasteiger charge is -2.16. The van der Waals surface area contributed by atoms with Crippen molar-refractivity contribution in [2.45, 2.75) is 0 Å². The molecule has 4 rings (SSSR count). The number of phenolic OH excluding ortho intramolecular Hbond substituents is 1. The highest BCUT2D eigenvalue weighted by atomic mass is 32.2. The number of carbonyl (C=O) groups is 2. The number of hydrogen-bond acceptors (Lipinski definition) is 5. The van der Waals surface area contributed by atoms with Crippen molar-refractivity contribution >= 4 is 57.1 Å². The Morgan fingerprint density at radius 3 is 2.68 bits per heavy atom. The van der Waals surface area contributed by atoms with Gasteiger partial charge in [-0.15, -0.1) is 0 Å². The summed E-state index contributed by atoms with van der Waals surface area (Å²) in [5, 5.41) is 11.9. The fourth-order valence-corrected chi connectivity index (χ4v) is 4.19. The Bertz CT molecular complexity index is 1170. The summed E-state index contributed by atoms with van der Waals surface area (Å²) in [7, 11) is 1.94. The van der Waals surface area contributed by atoms with Gasteiger partial charge < -0.3 is 9.67 Å². The Morgan fingerprint density at radius 2 is 1.89 bits per heavy atom. The molecule has 140 valence electrons. The van der Waals surface area contributed by atoms with Crippen LogP contribution in [-0.2, 0) is 11.8 Å². The highest BCUT2D eigenvalue weighted by molar-refractivity contribution is 8.26. The summed E-state index contributed by atoms with van der Waals surface area (Å²) in [6, 6.07) is 14.0. The summed E-state index contributed by atoms with van der Waals surface area (Å²) in [5.74, 6) is -1.19. The normalized spacial score (nSPS) is 15.6. The minimum atomic E-state index is -0.610. The molecule has 2 N–H and O–H groups in total. The van der Waals surface area contributed by atoms with Crippen LogP contribution in [0.3, 0.4) is 0 Å². The molecule has 0 saturated carbocycles. The van der Waals surface area contributed by atoms with Crippen LogP contribution in [0.2, 0.25) is 0 Å². The van der Waals surface area contributed by atoms with Crippen molar-refractivity contribution in [1.29, 1.82) is 0 Å². The lowest BCUT2D eigenvalue weighted by molar-refractivity contribution is -0.123. The van der Waals surface area contributed by atoms with Gasteiger partial charge in [0.15, 0.2) is 4.32 Å². The third-order valence-corrected chi connectivity index (χ3v) is 5.67. The van der Waals surface area contributed by atoms with Gasteiger partial charge in [0.05, 0.1) is 10.5 Å². The molecule has 0 unspecified atom stereocenters. The molecule has 28 heavy (non-hydrogen) atoms. The number of thiocarbonyl (C=S) groups is 1. The van der Waals surface area contributed by atoms with Crippen LogP contribution in [-0.4, -0.2) is 30.8 Å². The van der Waals surface area contributed by atoms with Gasteiger partial charge in [-0.1, -0.05) is 42.1 Å². The van der Waals surface area contributed by atoms with Crippen LogP contribution in [0, 0.1) is 0 Å². The maximum Gasteiger partial charge on any atom is 0.285 e. The molecule has 0 bridgehead atoms. The first-order chi connectivity index (χ1) is 13.5. The molecule has 1 saturated heterocycles. The molecule has 0 aliphatic carbocycles. The van der Waals surface area contributed by atoms with E-state index >= 15 is 0 Å². The SMILES string of the molecule is Cn1cc(C=C2SC(=S)N(NC(=O)c3ccccc3O)C2=O)c2ccccc21. The number of phenols is 1. The van der Waals surface area contributed by atoms with Gasteiger partial charge in [-0.3, -0.25) is 15.0 Å². The maximum atomic E-state index is 12.8. The number of aromatic hydroxyl groups is 1. The van der Waals surface area contributed by atoms with Crippen LogP contribution in [0.15, 0.2) is 59.6 Å². The van der Waals surface area contributed by atoms with E-state index in [1.165, 1.54) is 12.1 Å².